The summed E-state index contributed by atoms with van der Waals surface area (Å²) in [6, 6.07) is -0.824. The molecule has 10 atom stereocenters. The molecule has 0 radical (unpaired) electrons. The van der Waals surface area contributed by atoms with E-state index in [-0.39, 0.29) is 66.4 Å². The minimum absolute atomic E-state index is 0.0409. The number of hydrogen-bond acceptors (Lipinski definition) is 9. The Bertz CT molecular complexity index is 989. The van der Waals surface area contributed by atoms with Crippen molar-refractivity contribution in [2.45, 2.75) is 94.9 Å². The normalized spacial score (nSPS) is 42.5. The Morgan fingerprint density at radius 3 is 2.80 bits per heavy atom. The number of ether oxygens (including phenoxy) is 1. The number of fused-ring (bicyclic) bond motifs is 5. The second-order valence-electron chi connectivity index (χ2n) is 13.0. The number of alkyl halides is 1. The Hall–Kier alpha value is -1.87. The Kier molecular flexibility index (Phi) is 8.56. The third-order valence-electron chi connectivity index (χ3n) is 10.2. The average molecular weight is 578 g/mol. The van der Waals surface area contributed by atoms with Crippen molar-refractivity contribution >= 4 is 11.9 Å². The van der Waals surface area contributed by atoms with Crippen molar-refractivity contribution in [1.29, 1.82) is 0 Å². The number of hydrogen-bond donors (Lipinski definition) is 5. The zero-order chi connectivity index (χ0) is 28.8. The average Bonchev–Trinajstić information content (AvgIpc) is 3.42. The number of halogens is 1. The summed E-state index contributed by atoms with van der Waals surface area (Å²) in [6.45, 7) is 14.6. The summed E-state index contributed by atoms with van der Waals surface area (Å²) in [5.74, 6) is 0.0220. The highest BCUT2D eigenvalue weighted by atomic mass is 19.1. The van der Waals surface area contributed by atoms with Crippen molar-refractivity contribution in [3.05, 3.63) is 12.7 Å². The zero-order valence-corrected chi connectivity index (χ0v) is 24.6. The van der Waals surface area contributed by atoms with Crippen LogP contribution in [-0.4, -0.2) is 132 Å². The van der Waals surface area contributed by atoms with Crippen LogP contribution in [0.4, 0.5) is 9.18 Å². The number of carbonyl (C=O) groups excluding carboxylic acids is 2. The summed E-state index contributed by atoms with van der Waals surface area (Å²) in [5, 5.41) is 12.8. The number of carbonyl (C=O) groups is 2. The molecule has 0 aliphatic carbocycles. The van der Waals surface area contributed by atoms with E-state index in [0.29, 0.717) is 39.2 Å². The fourth-order valence-electron chi connectivity index (χ4n) is 8.24. The Labute approximate surface area is 242 Å². The fourth-order valence-corrected chi connectivity index (χ4v) is 8.24. The van der Waals surface area contributed by atoms with Gasteiger partial charge >= 0.3 is 6.03 Å². The van der Waals surface area contributed by atoms with E-state index >= 15 is 4.39 Å². The number of urea groups is 1. The number of rotatable bonds is 3. The highest BCUT2D eigenvalue weighted by molar-refractivity contribution is 5.87. The van der Waals surface area contributed by atoms with Gasteiger partial charge in [-0.3, -0.25) is 15.0 Å². The van der Waals surface area contributed by atoms with Gasteiger partial charge in [-0.1, -0.05) is 20.4 Å². The summed E-state index contributed by atoms with van der Waals surface area (Å²) in [5.41, 5.74) is 6.43. The number of hydrazine groups is 2. The van der Waals surface area contributed by atoms with Gasteiger partial charge in [0, 0.05) is 57.3 Å². The number of amides is 3. The molecule has 0 aromatic rings. The summed E-state index contributed by atoms with van der Waals surface area (Å²) in [7, 11) is 0. The summed E-state index contributed by atoms with van der Waals surface area (Å²) in [6.07, 6.45) is 1.45. The molecule has 6 saturated heterocycles. The van der Waals surface area contributed by atoms with Crippen LogP contribution in [0.25, 0.3) is 0 Å². The van der Waals surface area contributed by atoms with Gasteiger partial charge in [-0.2, -0.15) is 5.53 Å². The predicted octanol–water partition coefficient (Wildman–Crippen LogP) is -0.432. The quantitative estimate of drug-likeness (QED) is 0.285. The monoisotopic (exact) mass is 577 g/mol. The largest absolute Gasteiger partial charge is 0.376 e. The molecule has 10 unspecified atom stereocenters. The summed E-state index contributed by atoms with van der Waals surface area (Å²) < 4.78 is 22.8. The van der Waals surface area contributed by atoms with E-state index in [9.17, 15) is 9.59 Å². The summed E-state index contributed by atoms with van der Waals surface area (Å²) in [4.78, 5) is 32.7. The smallest absolute Gasteiger partial charge is 0.320 e. The van der Waals surface area contributed by atoms with Crippen molar-refractivity contribution in [1.82, 2.24) is 46.6 Å². The molecule has 6 aliphatic rings. The number of piperazine rings is 1. The number of nitrogens with one attached hydrogen (secondary N) is 5. The van der Waals surface area contributed by atoms with Crippen molar-refractivity contribution in [2.75, 3.05) is 45.9 Å². The topological polar surface area (TPSA) is 116 Å². The first kappa shape index (κ1) is 29.2. The van der Waals surface area contributed by atoms with Crippen LogP contribution in [0.1, 0.15) is 40.0 Å². The molecule has 41 heavy (non-hydrogen) atoms. The van der Waals surface area contributed by atoms with Crippen LogP contribution in [0.5, 0.6) is 0 Å². The predicted molar refractivity (Wildman–Crippen MR) is 152 cm³/mol. The van der Waals surface area contributed by atoms with Gasteiger partial charge in [-0.05, 0) is 44.7 Å². The van der Waals surface area contributed by atoms with Crippen LogP contribution in [0, 0.1) is 11.8 Å². The Morgan fingerprint density at radius 2 is 2.05 bits per heavy atom. The second-order valence-corrected chi connectivity index (χ2v) is 13.0. The minimum Gasteiger partial charge on any atom is -0.376 e. The third-order valence-corrected chi connectivity index (χ3v) is 10.2. The van der Waals surface area contributed by atoms with Gasteiger partial charge in [-0.15, -0.1) is 0 Å². The minimum atomic E-state index is -1.08. The SMILES string of the molecule is C=CC(=O)N1CCN(C2NC(=O)N3C4NC(C(F)CC24)C2CNNN2CCCOC2CCNC(C(C)C)C23)CC1C. The lowest BCUT2D eigenvalue weighted by Gasteiger charge is -2.59. The lowest BCUT2D eigenvalue weighted by Crippen LogP contribution is -2.80. The molecule has 6 fully saturated rings. The van der Waals surface area contributed by atoms with E-state index in [1.165, 1.54) is 6.08 Å². The van der Waals surface area contributed by atoms with Crippen LogP contribution in [0.2, 0.25) is 0 Å². The molecule has 13 heteroatoms. The Morgan fingerprint density at radius 1 is 1.22 bits per heavy atom. The third kappa shape index (κ3) is 5.39. The number of nitrogens with zero attached hydrogens (tertiary/aromatic N) is 4. The van der Waals surface area contributed by atoms with Crippen LogP contribution >= 0.6 is 0 Å². The van der Waals surface area contributed by atoms with Gasteiger partial charge < -0.3 is 25.2 Å². The first-order valence-corrected chi connectivity index (χ1v) is 15.5. The summed E-state index contributed by atoms with van der Waals surface area (Å²) >= 11 is 0. The van der Waals surface area contributed by atoms with Crippen LogP contribution in [-0.2, 0) is 9.53 Å². The van der Waals surface area contributed by atoms with E-state index in [4.69, 9.17) is 4.74 Å². The molecule has 6 rings (SSSR count). The molecule has 0 aromatic heterocycles. The van der Waals surface area contributed by atoms with E-state index in [1.807, 2.05) is 16.7 Å². The van der Waals surface area contributed by atoms with Gasteiger partial charge in [0.25, 0.3) is 0 Å². The molecule has 5 N–H and O–H groups in total. The molecular weight excluding hydrogens is 529 g/mol. The van der Waals surface area contributed by atoms with Gasteiger partial charge in [-0.25, -0.2) is 19.6 Å². The molecule has 0 saturated carbocycles. The van der Waals surface area contributed by atoms with Crippen molar-refractivity contribution in [3.8, 4) is 0 Å². The molecule has 12 nitrogen and oxygen atoms in total. The van der Waals surface area contributed by atoms with E-state index in [2.05, 4.69) is 57.2 Å². The molecule has 6 heterocycles. The molecular formula is C28H48FN9O3. The van der Waals surface area contributed by atoms with Crippen LogP contribution < -0.4 is 26.9 Å². The maximum atomic E-state index is 16.3. The first-order valence-electron chi connectivity index (χ1n) is 15.5. The standard InChI is InChI=1S/C28H48FN9O3/c1-5-22(39)36-11-10-35(15-17(36)4)26-18-13-19(29)24-20-14-31-34-37(20)9-6-12-41-21-7-8-30-23(16(2)3)25(21)38(27(18)32-24)28(40)33-26/h5,16-21,23-27,30-32,34H,1,6-15H2,2-4H3,(H,33,40). The molecule has 3 amide bonds. The maximum Gasteiger partial charge on any atom is 0.320 e. The maximum absolute atomic E-state index is 16.3. The van der Waals surface area contributed by atoms with Gasteiger partial charge in [0.15, 0.2) is 0 Å². The van der Waals surface area contributed by atoms with Gasteiger partial charge in [0.05, 0.1) is 36.6 Å². The Balaban J connectivity index is 1.35. The first-order chi connectivity index (χ1) is 19.8. The molecule has 2 bridgehead atoms. The van der Waals surface area contributed by atoms with E-state index in [1.54, 1.807) is 0 Å². The lowest BCUT2D eigenvalue weighted by atomic mass is 9.79. The second kappa shape index (κ2) is 12.0. The molecule has 0 spiro atoms. The van der Waals surface area contributed by atoms with Crippen molar-refractivity contribution < 1.29 is 18.7 Å². The van der Waals surface area contributed by atoms with Crippen molar-refractivity contribution in [2.24, 2.45) is 11.8 Å². The molecule has 6 aliphatic heterocycles. The van der Waals surface area contributed by atoms with Gasteiger partial charge in [0.1, 0.15) is 6.17 Å². The fraction of sp³-hybridized carbons (Fsp3) is 0.857. The number of piperidine rings is 2. The highest BCUT2D eigenvalue weighted by Gasteiger charge is 2.56. The van der Waals surface area contributed by atoms with Crippen molar-refractivity contribution in [3.63, 3.8) is 0 Å². The van der Waals surface area contributed by atoms with E-state index < -0.39 is 12.2 Å². The highest BCUT2D eigenvalue weighted by Crippen LogP contribution is 2.38. The molecule has 230 valence electrons. The molecule has 0 aromatic carbocycles. The van der Waals surface area contributed by atoms with Gasteiger partial charge in [0.2, 0.25) is 5.91 Å². The van der Waals surface area contributed by atoms with Crippen LogP contribution in [0.15, 0.2) is 12.7 Å². The van der Waals surface area contributed by atoms with Crippen LogP contribution in [0.3, 0.4) is 0 Å². The lowest BCUT2D eigenvalue weighted by molar-refractivity contribution is -0.134. The zero-order valence-electron chi connectivity index (χ0n) is 24.6. The van der Waals surface area contributed by atoms with E-state index in [0.717, 1.165) is 25.9 Å².